The van der Waals surface area contributed by atoms with Gasteiger partial charge in [-0.2, -0.15) is 0 Å². The highest BCUT2D eigenvalue weighted by Gasteiger charge is 2.49. The molecule has 0 unspecified atom stereocenters. The summed E-state index contributed by atoms with van der Waals surface area (Å²) in [6, 6.07) is 5.88. The van der Waals surface area contributed by atoms with Crippen molar-refractivity contribution in [2.24, 2.45) is 5.73 Å². The van der Waals surface area contributed by atoms with Crippen LogP contribution in [0.3, 0.4) is 0 Å². The van der Waals surface area contributed by atoms with E-state index < -0.39 is 29.9 Å². The Morgan fingerprint density at radius 3 is 2.44 bits per heavy atom. The van der Waals surface area contributed by atoms with Crippen LogP contribution in [0.1, 0.15) is 37.0 Å². The van der Waals surface area contributed by atoms with Crippen LogP contribution in [0.4, 0.5) is 10.5 Å². The fourth-order valence-corrected chi connectivity index (χ4v) is 2.95. The first-order valence-electron chi connectivity index (χ1n) is 8.89. The first kappa shape index (κ1) is 20.4. The summed E-state index contributed by atoms with van der Waals surface area (Å²) in [6.45, 7) is 3.79. The Hall–Kier alpha value is -2.94. The maximum absolute atomic E-state index is 12.6. The van der Waals surface area contributed by atoms with Crippen molar-refractivity contribution in [3.63, 3.8) is 0 Å². The zero-order valence-electron chi connectivity index (χ0n) is 15.5. The Kier molecular flexibility index (Phi) is 6.51. The lowest BCUT2D eigenvalue weighted by atomic mass is 9.93. The van der Waals surface area contributed by atoms with Crippen LogP contribution in [0.2, 0.25) is 0 Å². The topological polar surface area (TPSA) is 134 Å². The highest BCUT2D eigenvalue weighted by Crippen LogP contribution is 2.25. The van der Waals surface area contributed by atoms with Crippen LogP contribution >= 0.6 is 0 Å². The number of imide groups is 1. The number of rotatable bonds is 8. The molecule has 9 nitrogen and oxygen atoms in total. The molecule has 1 aliphatic rings. The minimum Gasteiger partial charge on any atom is -0.351 e. The Morgan fingerprint density at radius 1 is 1.19 bits per heavy atom. The molecule has 1 aromatic rings. The third-order valence-corrected chi connectivity index (χ3v) is 4.63. The van der Waals surface area contributed by atoms with E-state index in [2.05, 4.69) is 16.0 Å². The molecule has 1 fully saturated rings. The van der Waals surface area contributed by atoms with E-state index in [9.17, 15) is 19.2 Å². The Labute approximate surface area is 157 Å². The van der Waals surface area contributed by atoms with E-state index in [1.165, 1.54) is 0 Å². The van der Waals surface area contributed by atoms with Gasteiger partial charge in [0.25, 0.3) is 11.8 Å². The molecular weight excluding hydrogens is 350 g/mol. The van der Waals surface area contributed by atoms with Crippen molar-refractivity contribution in [2.45, 2.75) is 32.2 Å². The minimum absolute atomic E-state index is 0.271. The molecule has 0 saturated carbocycles. The molecule has 0 radical (unpaired) electrons. The largest absolute Gasteiger partial charge is 0.351 e. The first-order chi connectivity index (χ1) is 12.9. The van der Waals surface area contributed by atoms with Gasteiger partial charge in [0.15, 0.2) is 0 Å². The van der Waals surface area contributed by atoms with Crippen LogP contribution in [0.5, 0.6) is 0 Å². The second-order valence-corrected chi connectivity index (χ2v) is 6.25. The summed E-state index contributed by atoms with van der Waals surface area (Å²) < 4.78 is 0. The highest BCUT2D eigenvalue weighted by atomic mass is 16.2. The lowest BCUT2D eigenvalue weighted by Gasteiger charge is -2.23. The van der Waals surface area contributed by atoms with Crippen molar-refractivity contribution in [1.29, 1.82) is 0 Å². The second-order valence-electron chi connectivity index (χ2n) is 6.25. The van der Waals surface area contributed by atoms with Gasteiger partial charge < -0.3 is 21.7 Å². The molecule has 1 aromatic carbocycles. The number of nitrogens with zero attached hydrogens (tertiary/aromatic N) is 1. The molecule has 1 saturated heterocycles. The highest BCUT2D eigenvalue weighted by molar-refractivity contribution is 6.11. The van der Waals surface area contributed by atoms with E-state index in [0.717, 1.165) is 4.90 Å². The van der Waals surface area contributed by atoms with Crippen molar-refractivity contribution >= 4 is 29.4 Å². The van der Waals surface area contributed by atoms with E-state index in [0.29, 0.717) is 31.6 Å². The number of carbonyl (C=O) groups is 4. The fraction of sp³-hybridized carbons (Fsp3) is 0.444. The van der Waals surface area contributed by atoms with Gasteiger partial charge in [-0.1, -0.05) is 26.0 Å². The number of nitrogens with two attached hydrogens (primary N) is 1. The number of amides is 5. The molecule has 0 aliphatic carbocycles. The zero-order chi connectivity index (χ0) is 20.0. The van der Waals surface area contributed by atoms with Crippen LogP contribution < -0.4 is 21.7 Å². The van der Waals surface area contributed by atoms with E-state index in [4.69, 9.17) is 5.73 Å². The molecule has 27 heavy (non-hydrogen) atoms. The third-order valence-electron chi connectivity index (χ3n) is 4.63. The van der Waals surface area contributed by atoms with E-state index >= 15 is 0 Å². The number of para-hydroxylation sites is 1. The molecule has 9 heteroatoms. The molecule has 1 heterocycles. The summed E-state index contributed by atoms with van der Waals surface area (Å²) in [5.41, 5.74) is 4.98. The van der Waals surface area contributed by atoms with Crippen molar-refractivity contribution in [3.8, 4) is 0 Å². The molecule has 5 amide bonds. The quantitative estimate of drug-likeness (QED) is 0.489. The SMILES string of the molecule is CCC1(CC)NC(=O)N(CC(=O)Nc2ccccc2C(=O)NCCN)C1=O. The van der Waals surface area contributed by atoms with Crippen LogP contribution in [-0.4, -0.2) is 53.8 Å². The van der Waals surface area contributed by atoms with Crippen molar-refractivity contribution in [3.05, 3.63) is 29.8 Å². The molecule has 0 atom stereocenters. The van der Waals surface area contributed by atoms with Crippen molar-refractivity contribution < 1.29 is 19.2 Å². The average molecular weight is 375 g/mol. The van der Waals surface area contributed by atoms with Crippen molar-refractivity contribution in [2.75, 3.05) is 25.0 Å². The molecular formula is C18H25N5O4. The Morgan fingerprint density at radius 2 is 1.85 bits per heavy atom. The van der Waals surface area contributed by atoms with Gasteiger partial charge in [-0.25, -0.2) is 4.79 Å². The molecule has 0 aromatic heterocycles. The maximum atomic E-state index is 12.6. The lowest BCUT2D eigenvalue weighted by Crippen LogP contribution is -2.46. The number of nitrogens with one attached hydrogen (secondary N) is 3. The summed E-state index contributed by atoms with van der Waals surface area (Å²) in [5.74, 6) is -1.36. The van der Waals surface area contributed by atoms with Crippen LogP contribution in [0, 0.1) is 0 Å². The van der Waals surface area contributed by atoms with Gasteiger partial charge in [0.05, 0.1) is 11.3 Å². The molecule has 0 bridgehead atoms. The average Bonchev–Trinajstić information content (AvgIpc) is 2.91. The minimum atomic E-state index is -0.961. The number of hydrogen-bond acceptors (Lipinski definition) is 5. The Bertz CT molecular complexity index is 745. The van der Waals surface area contributed by atoms with Gasteiger partial charge in [0.1, 0.15) is 12.1 Å². The number of hydrogen-bond donors (Lipinski definition) is 4. The molecule has 2 rings (SSSR count). The molecule has 1 aliphatic heterocycles. The van der Waals surface area contributed by atoms with Crippen LogP contribution in [0.25, 0.3) is 0 Å². The van der Waals surface area contributed by atoms with Gasteiger partial charge in [-0.3, -0.25) is 19.3 Å². The van der Waals surface area contributed by atoms with Gasteiger partial charge in [0, 0.05) is 13.1 Å². The predicted molar refractivity (Wildman–Crippen MR) is 100 cm³/mol. The smallest absolute Gasteiger partial charge is 0.325 e. The van der Waals surface area contributed by atoms with Crippen LogP contribution in [-0.2, 0) is 9.59 Å². The number of anilines is 1. The normalized spacial score (nSPS) is 15.4. The summed E-state index contributed by atoms with van der Waals surface area (Å²) in [5, 5.41) is 7.90. The second kappa shape index (κ2) is 8.63. The van der Waals surface area contributed by atoms with E-state index in [-0.39, 0.29) is 11.5 Å². The molecule has 0 spiro atoms. The zero-order valence-corrected chi connectivity index (χ0v) is 15.5. The monoisotopic (exact) mass is 375 g/mol. The van der Waals surface area contributed by atoms with Gasteiger partial charge in [0.2, 0.25) is 5.91 Å². The van der Waals surface area contributed by atoms with Crippen molar-refractivity contribution in [1.82, 2.24) is 15.5 Å². The van der Waals surface area contributed by atoms with E-state index in [1.54, 1.807) is 38.1 Å². The number of carbonyl (C=O) groups excluding carboxylic acids is 4. The standard InChI is InChI=1S/C18H25N5O4/c1-3-18(4-2)16(26)23(17(27)22-18)11-14(24)21-13-8-6-5-7-12(13)15(25)20-10-9-19/h5-8H,3-4,9-11,19H2,1-2H3,(H,20,25)(H,21,24)(H,22,27). The van der Waals surface area contributed by atoms with Crippen LogP contribution in [0.15, 0.2) is 24.3 Å². The summed E-state index contributed by atoms with van der Waals surface area (Å²) in [7, 11) is 0. The van der Waals surface area contributed by atoms with E-state index in [1.807, 2.05) is 0 Å². The predicted octanol–water partition coefficient (Wildman–Crippen LogP) is 0.424. The van der Waals surface area contributed by atoms with Gasteiger partial charge in [-0.15, -0.1) is 0 Å². The number of urea groups is 1. The Balaban J connectivity index is 2.10. The number of benzene rings is 1. The summed E-state index contributed by atoms with van der Waals surface area (Å²) in [4.78, 5) is 50.2. The first-order valence-corrected chi connectivity index (χ1v) is 8.89. The lowest BCUT2D eigenvalue weighted by molar-refractivity contribution is -0.134. The molecule has 146 valence electrons. The maximum Gasteiger partial charge on any atom is 0.325 e. The summed E-state index contributed by atoms with van der Waals surface area (Å²) in [6.07, 6.45) is 0.882. The summed E-state index contributed by atoms with van der Waals surface area (Å²) >= 11 is 0. The molecule has 5 N–H and O–H groups in total. The fourth-order valence-electron chi connectivity index (χ4n) is 2.95. The third kappa shape index (κ3) is 4.25. The van der Waals surface area contributed by atoms with Gasteiger partial charge >= 0.3 is 6.03 Å². The van der Waals surface area contributed by atoms with Gasteiger partial charge in [-0.05, 0) is 25.0 Å².